The van der Waals surface area contributed by atoms with Gasteiger partial charge >= 0.3 is 12.3 Å². The lowest BCUT2D eigenvalue weighted by atomic mass is 10.1. The van der Waals surface area contributed by atoms with Gasteiger partial charge in [-0.05, 0) is 32.9 Å². The number of ether oxygens (including phenoxy) is 3. The van der Waals surface area contributed by atoms with Gasteiger partial charge in [-0.15, -0.1) is 0 Å². The molecule has 1 aromatic carbocycles. The van der Waals surface area contributed by atoms with Crippen LogP contribution < -0.4 is 9.47 Å². The van der Waals surface area contributed by atoms with E-state index in [0.29, 0.717) is 31.3 Å². The van der Waals surface area contributed by atoms with Crippen molar-refractivity contribution in [3.63, 3.8) is 0 Å². The smallest absolute Gasteiger partial charge is 0.433 e. The second-order valence-corrected chi connectivity index (χ2v) is 8.14. The van der Waals surface area contributed by atoms with Crippen LogP contribution in [-0.4, -0.2) is 47.9 Å². The number of hydrogen-bond donors (Lipinski definition) is 0. The third kappa shape index (κ3) is 5.06. The van der Waals surface area contributed by atoms with Gasteiger partial charge in [-0.1, -0.05) is 6.07 Å². The first-order valence-corrected chi connectivity index (χ1v) is 9.67. The first-order valence-electron chi connectivity index (χ1n) is 9.67. The van der Waals surface area contributed by atoms with Crippen molar-refractivity contribution in [2.75, 3.05) is 20.2 Å². The Kier molecular flexibility index (Phi) is 6.01. The Balaban J connectivity index is 1.80. The fourth-order valence-corrected chi connectivity index (χ4v) is 3.26. The summed E-state index contributed by atoms with van der Waals surface area (Å²) in [4.78, 5) is 17.5. The molecule has 6 nitrogen and oxygen atoms in total. The Hall–Kier alpha value is -2.71. The molecule has 0 radical (unpaired) electrons. The number of aromatic nitrogens is 1. The summed E-state index contributed by atoms with van der Waals surface area (Å²) in [6, 6.07) is 5.80. The quantitative estimate of drug-likeness (QED) is 0.688. The predicted molar refractivity (Wildman–Crippen MR) is 105 cm³/mol. The molecular weight excluding hydrogens is 401 g/mol. The van der Waals surface area contributed by atoms with Gasteiger partial charge in [-0.3, -0.25) is 0 Å². The van der Waals surface area contributed by atoms with Gasteiger partial charge in [0.05, 0.1) is 7.11 Å². The van der Waals surface area contributed by atoms with Gasteiger partial charge < -0.3 is 19.1 Å². The van der Waals surface area contributed by atoms with Crippen LogP contribution in [0.1, 0.15) is 39.3 Å². The van der Waals surface area contributed by atoms with Gasteiger partial charge in [0.15, 0.2) is 0 Å². The molecule has 0 atom stereocenters. The van der Waals surface area contributed by atoms with Crippen LogP contribution in [0.3, 0.4) is 0 Å². The normalized spacial score (nSPS) is 15.9. The number of carbonyl (C=O) groups is 1. The van der Waals surface area contributed by atoms with Crippen LogP contribution in [0.25, 0.3) is 10.9 Å². The number of methoxy groups -OCH3 is 1. The van der Waals surface area contributed by atoms with Crippen molar-refractivity contribution in [1.82, 2.24) is 9.88 Å². The third-order valence-corrected chi connectivity index (χ3v) is 4.66. The maximum absolute atomic E-state index is 13.4. The van der Waals surface area contributed by atoms with Crippen LogP contribution in [0, 0.1) is 0 Å². The fourth-order valence-electron chi connectivity index (χ4n) is 3.26. The zero-order valence-corrected chi connectivity index (χ0v) is 17.4. The fraction of sp³-hybridized carbons (Fsp3) is 0.524. The molecular formula is C21H25F3N2O4. The molecule has 0 bridgehead atoms. The highest BCUT2D eigenvalue weighted by atomic mass is 19.4. The minimum Gasteiger partial charge on any atom is -0.494 e. The van der Waals surface area contributed by atoms with Crippen molar-refractivity contribution in [2.45, 2.75) is 51.5 Å². The molecule has 0 spiro atoms. The number of para-hydroxylation sites is 1. The largest absolute Gasteiger partial charge is 0.494 e. The second-order valence-electron chi connectivity index (χ2n) is 8.14. The monoisotopic (exact) mass is 426 g/mol. The minimum atomic E-state index is -4.62. The van der Waals surface area contributed by atoms with Crippen molar-refractivity contribution in [2.24, 2.45) is 0 Å². The number of pyridine rings is 1. The average molecular weight is 426 g/mol. The highest BCUT2D eigenvalue weighted by Gasteiger charge is 2.35. The van der Waals surface area contributed by atoms with Crippen LogP contribution >= 0.6 is 0 Å². The average Bonchev–Trinajstić information content (AvgIpc) is 2.66. The molecule has 1 saturated heterocycles. The molecule has 2 aromatic rings. The molecule has 1 fully saturated rings. The minimum absolute atomic E-state index is 0.0935. The summed E-state index contributed by atoms with van der Waals surface area (Å²) in [6.45, 7) is 6.18. The number of piperidine rings is 1. The number of nitrogens with zero attached hydrogens (tertiary/aromatic N) is 2. The highest BCUT2D eigenvalue weighted by molar-refractivity contribution is 5.90. The first-order chi connectivity index (χ1) is 14.0. The summed E-state index contributed by atoms with van der Waals surface area (Å²) < 4.78 is 56.6. The van der Waals surface area contributed by atoms with E-state index in [1.54, 1.807) is 43.9 Å². The van der Waals surface area contributed by atoms with Gasteiger partial charge in [0.1, 0.15) is 34.4 Å². The first kappa shape index (κ1) is 22.0. The van der Waals surface area contributed by atoms with Crippen LogP contribution in [0.5, 0.6) is 11.5 Å². The summed E-state index contributed by atoms with van der Waals surface area (Å²) in [5.41, 5.74) is -1.54. The summed E-state index contributed by atoms with van der Waals surface area (Å²) >= 11 is 0. The number of alkyl halides is 3. The van der Waals surface area contributed by atoms with E-state index >= 15 is 0 Å². The second kappa shape index (κ2) is 8.20. The molecule has 0 aliphatic carbocycles. The Labute approximate surface area is 172 Å². The van der Waals surface area contributed by atoms with Crippen molar-refractivity contribution in [3.05, 3.63) is 30.0 Å². The van der Waals surface area contributed by atoms with Gasteiger partial charge in [0.25, 0.3) is 0 Å². The van der Waals surface area contributed by atoms with E-state index in [9.17, 15) is 18.0 Å². The molecule has 9 heteroatoms. The lowest BCUT2D eigenvalue weighted by molar-refractivity contribution is -0.141. The number of halogens is 3. The maximum Gasteiger partial charge on any atom is 0.433 e. The van der Waals surface area contributed by atoms with E-state index in [4.69, 9.17) is 14.2 Å². The van der Waals surface area contributed by atoms with Gasteiger partial charge in [-0.2, -0.15) is 13.2 Å². The molecule has 3 rings (SSSR count). The molecule has 0 saturated carbocycles. The number of likely N-dealkylation sites (tertiary alicyclic amines) is 1. The van der Waals surface area contributed by atoms with E-state index in [2.05, 4.69) is 4.98 Å². The summed E-state index contributed by atoms with van der Waals surface area (Å²) in [7, 11) is 1.38. The predicted octanol–water partition coefficient (Wildman–Crippen LogP) is 5.04. The van der Waals surface area contributed by atoms with Crippen LogP contribution in [0.2, 0.25) is 0 Å². The van der Waals surface area contributed by atoms with E-state index in [0.717, 1.165) is 6.07 Å². The Bertz CT molecular complexity index is 917. The van der Waals surface area contributed by atoms with E-state index < -0.39 is 23.6 Å². The van der Waals surface area contributed by atoms with Gasteiger partial charge in [0.2, 0.25) is 0 Å². The molecule has 164 valence electrons. The Morgan fingerprint density at radius 1 is 1.13 bits per heavy atom. The SMILES string of the molecule is COc1cccc2c(OC3CCN(C(=O)OC(C)(C)C)CC3)cc(C(F)(F)F)nc12. The zero-order chi connectivity index (χ0) is 22.1. The lowest BCUT2D eigenvalue weighted by Crippen LogP contribution is -2.44. The van der Waals surface area contributed by atoms with Crippen LogP contribution in [0.4, 0.5) is 18.0 Å². The molecule has 30 heavy (non-hydrogen) atoms. The van der Waals surface area contributed by atoms with E-state index in [1.165, 1.54) is 7.11 Å². The number of amides is 1. The third-order valence-electron chi connectivity index (χ3n) is 4.66. The number of carbonyl (C=O) groups excluding carboxylic acids is 1. The molecule has 0 N–H and O–H groups in total. The molecule has 1 aliphatic heterocycles. The van der Waals surface area contributed by atoms with Crippen molar-refractivity contribution >= 4 is 17.0 Å². The van der Waals surface area contributed by atoms with Crippen molar-refractivity contribution in [3.8, 4) is 11.5 Å². The van der Waals surface area contributed by atoms with Gasteiger partial charge in [0, 0.05) is 37.4 Å². The molecule has 2 heterocycles. The Morgan fingerprint density at radius 2 is 1.80 bits per heavy atom. The number of benzene rings is 1. The highest BCUT2D eigenvalue weighted by Crippen LogP contribution is 2.38. The standard InChI is InChI=1S/C21H25F3N2O4/c1-20(2,3)30-19(27)26-10-8-13(9-11-26)29-16-12-17(21(22,23)24)25-18-14(16)6-5-7-15(18)28-4/h5-7,12-13H,8-11H2,1-4H3. The summed E-state index contributed by atoms with van der Waals surface area (Å²) in [5, 5.41) is 0.442. The molecule has 1 aliphatic rings. The lowest BCUT2D eigenvalue weighted by Gasteiger charge is -2.33. The summed E-state index contributed by atoms with van der Waals surface area (Å²) in [5.74, 6) is 0.338. The topological polar surface area (TPSA) is 60.9 Å². The van der Waals surface area contributed by atoms with Crippen LogP contribution in [-0.2, 0) is 10.9 Å². The van der Waals surface area contributed by atoms with Crippen molar-refractivity contribution in [1.29, 1.82) is 0 Å². The Morgan fingerprint density at radius 3 is 2.37 bits per heavy atom. The molecule has 1 amide bonds. The number of hydrogen-bond acceptors (Lipinski definition) is 5. The molecule has 1 aromatic heterocycles. The van der Waals surface area contributed by atoms with E-state index in [1.807, 2.05) is 0 Å². The molecule has 0 unspecified atom stereocenters. The maximum atomic E-state index is 13.4. The summed E-state index contributed by atoms with van der Waals surface area (Å²) in [6.07, 6.45) is -4.39. The number of fused-ring (bicyclic) bond motifs is 1. The van der Waals surface area contributed by atoms with Gasteiger partial charge in [-0.25, -0.2) is 9.78 Å². The zero-order valence-electron chi connectivity index (χ0n) is 17.4. The number of rotatable bonds is 3. The van der Waals surface area contributed by atoms with Crippen LogP contribution in [0.15, 0.2) is 24.3 Å². The van der Waals surface area contributed by atoms with Crippen molar-refractivity contribution < 1.29 is 32.2 Å². The van der Waals surface area contributed by atoms with E-state index in [-0.39, 0.29) is 23.1 Å².